The summed E-state index contributed by atoms with van der Waals surface area (Å²) in [5, 5.41) is 19.7. The summed E-state index contributed by atoms with van der Waals surface area (Å²) in [7, 11) is 0. The van der Waals surface area contributed by atoms with Crippen molar-refractivity contribution in [2.75, 3.05) is 0 Å². The molecule has 3 nitrogen and oxygen atoms in total. The van der Waals surface area contributed by atoms with Crippen LogP contribution in [0.2, 0.25) is 0 Å². The van der Waals surface area contributed by atoms with E-state index in [2.05, 4.69) is 31.2 Å². The van der Waals surface area contributed by atoms with Crippen LogP contribution in [-0.2, 0) is 12.0 Å². The van der Waals surface area contributed by atoms with E-state index in [0.717, 1.165) is 58.4 Å². The Balaban J connectivity index is 2.08. The Morgan fingerprint density at radius 1 is 1.12 bits per heavy atom. The van der Waals surface area contributed by atoms with E-state index >= 15 is 0 Å². The Bertz CT molecular complexity index is 984. The van der Waals surface area contributed by atoms with Crippen LogP contribution in [0, 0.1) is 22.7 Å². The first kappa shape index (κ1) is 16.4. The van der Waals surface area contributed by atoms with E-state index in [-0.39, 0.29) is 0 Å². The fraction of sp³-hybridized carbons (Fsp3) is 0.304. The highest BCUT2D eigenvalue weighted by Crippen LogP contribution is 2.53. The fourth-order valence-electron chi connectivity index (χ4n) is 3.85. The summed E-state index contributed by atoms with van der Waals surface area (Å²) in [6.07, 6.45) is 3.35. The average molecular weight is 340 g/mol. The summed E-state index contributed by atoms with van der Waals surface area (Å²) in [6, 6.07) is 19.0. The summed E-state index contributed by atoms with van der Waals surface area (Å²) in [6.45, 7) is 2.56. The Hall–Kier alpha value is -3.04. The van der Waals surface area contributed by atoms with Crippen molar-refractivity contribution in [2.45, 2.75) is 44.6 Å². The summed E-state index contributed by atoms with van der Waals surface area (Å²) in [5.74, 6) is 0.777. The van der Waals surface area contributed by atoms with Gasteiger partial charge in [-0.15, -0.1) is 0 Å². The number of ether oxygens (including phenoxy) is 1. The van der Waals surface area contributed by atoms with Gasteiger partial charge in [-0.05, 0) is 42.0 Å². The highest BCUT2D eigenvalue weighted by atomic mass is 16.5. The first-order chi connectivity index (χ1) is 12.7. The lowest BCUT2D eigenvalue weighted by Gasteiger charge is -2.19. The molecule has 1 aliphatic heterocycles. The van der Waals surface area contributed by atoms with Crippen LogP contribution in [-0.4, -0.2) is 0 Å². The molecule has 0 radical (unpaired) electrons. The van der Waals surface area contributed by atoms with E-state index in [1.54, 1.807) is 0 Å². The molecule has 1 saturated carbocycles. The number of nitrogens with zero attached hydrogens (tertiary/aromatic N) is 2. The average Bonchev–Trinajstić information content (AvgIpc) is 3.49. The molecule has 4 rings (SSSR count). The number of nitriles is 2. The van der Waals surface area contributed by atoms with Crippen LogP contribution in [0.15, 0.2) is 48.0 Å². The minimum atomic E-state index is -0.438. The van der Waals surface area contributed by atoms with Crippen LogP contribution in [0.25, 0.3) is 5.57 Å². The van der Waals surface area contributed by atoms with Crippen LogP contribution >= 0.6 is 0 Å². The number of rotatable bonds is 3. The zero-order valence-corrected chi connectivity index (χ0v) is 14.9. The number of hydrogen-bond acceptors (Lipinski definition) is 3. The maximum Gasteiger partial charge on any atom is 0.128 e. The molecule has 1 aliphatic carbocycles. The van der Waals surface area contributed by atoms with Crippen molar-refractivity contribution in [2.24, 2.45) is 0 Å². The van der Waals surface area contributed by atoms with Crippen LogP contribution in [0.5, 0.6) is 5.75 Å². The van der Waals surface area contributed by atoms with E-state index in [1.165, 1.54) is 0 Å². The molecule has 0 saturated heterocycles. The predicted octanol–water partition coefficient (Wildman–Crippen LogP) is 5.26. The van der Waals surface area contributed by atoms with Crippen molar-refractivity contribution < 1.29 is 4.74 Å². The normalized spacial score (nSPS) is 18.3. The third-order valence-corrected chi connectivity index (χ3v) is 5.36. The minimum absolute atomic E-state index is 0.438. The maximum atomic E-state index is 9.91. The minimum Gasteiger partial charge on any atom is -0.488 e. The zero-order chi connectivity index (χ0) is 18.1. The first-order valence-corrected chi connectivity index (χ1v) is 9.13. The van der Waals surface area contributed by atoms with Crippen LogP contribution in [0.1, 0.15) is 54.9 Å². The number of allylic oxidation sites excluding steroid dienone is 1. The molecule has 0 unspecified atom stereocenters. The second-order valence-electron chi connectivity index (χ2n) is 7.03. The van der Waals surface area contributed by atoms with E-state index in [0.29, 0.717) is 13.0 Å². The molecule has 1 heterocycles. The fourth-order valence-corrected chi connectivity index (χ4v) is 3.85. The Morgan fingerprint density at radius 2 is 1.92 bits per heavy atom. The van der Waals surface area contributed by atoms with Crippen molar-refractivity contribution in [3.63, 3.8) is 0 Å². The van der Waals surface area contributed by atoms with Gasteiger partial charge in [0.1, 0.15) is 12.4 Å². The topological polar surface area (TPSA) is 56.8 Å². The van der Waals surface area contributed by atoms with Crippen molar-refractivity contribution in [3.05, 3.63) is 70.3 Å². The quantitative estimate of drug-likeness (QED) is 0.716. The van der Waals surface area contributed by atoms with Gasteiger partial charge in [-0.25, -0.2) is 0 Å². The molecule has 2 aliphatic rings. The Kier molecular flexibility index (Phi) is 4.02. The molecule has 0 bridgehead atoms. The van der Waals surface area contributed by atoms with Crippen molar-refractivity contribution in [3.8, 4) is 17.9 Å². The standard InChI is InChI=1S/C23H20N2O/c1-2-6-16(13-24)21-18-8-4-3-7-17(18)14-26-20-10-5-9-19(22(20)21)23(15-25)11-12-23/h3-5,7-10H,2,6,11-12,14H2,1H3/b21-16+. The van der Waals surface area contributed by atoms with Gasteiger partial charge in [0.15, 0.2) is 0 Å². The molecule has 1 fully saturated rings. The van der Waals surface area contributed by atoms with Gasteiger partial charge in [0.2, 0.25) is 0 Å². The molecule has 2 aromatic rings. The highest BCUT2D eigenvalue weighted by molar-refractivity contribution is 5.90. The smallest absolute Gasteiger partial charge is 0.128 e. The van der Waals surface area contributed by atoms with Gasteiger partial charge < -0.3 is 4.74 Å². The predicted molar refractivity (Wildman–Crippen MR) is 100 cm³/mol. The van der Waals surface area contributed by atoms with Crippen molar-refractivity contribution in [1.29, 1.82) is 10.5 Å². The molecule has 3 heteroatoms. The third kappa shape index (κ3) is 2.49. The molecule has 2 aromatic carbocycles. The molecular weight excluding hydrogens is 320 g/mol. The Labute approximate surface area is 154 Å². The third-order valence-electron chi connectivity index (χ3n) is 5.36. The van der Waals surface area contributed by atoms with E-state index in [4.69, 9.17) is 4.74 Å². The number of benzene rings is 2. The van der Waals surface area contributed by atoms with Gasteiger partial charge in [0.05, 0.1) is 17.6 Å². The summed E-state index contributed by atoms with van der Waals surface area (Å²) < 4.78 is 6.13. The zero-order valence-electron chi connectivity index (χ0n) is 14.9. The lowest BCUT2D eigenvalue weighted by molar-refractivity contribution is 0.307. The molecule has 128 valence electrons. The van der Waals surface area contributed by atoms with Crippen molar-refractivity contribution >= 4 is 5.57 Å². The largest absolute Gasteiger partial charge is 0.488 e. The molecular formula is C23H20N2O. The lowest BCUT2D eigenvalue weighted by atomic mass is 9.82. The van der Waals surface area contributed by atoms with E-state index in [1.807, 2.05) is 30.3 Å². The van der Waals surface area contributed by atoms with Gasteiger partial charge >= 0.3 is 0 Å². The van der Waals surface area contributed by atoms with Gasteiger partial charge in [0.25, 0.3) is 0 Å². The molecule has 26 heavy (non-hydrogen) atoms. The molecule has 0 spiro atoms. The van der Waals surface area contributed by atoms with Crippen LogP contribution < -0.4 is 4.74 Å². The molecule has 0 N–H and O–H groups in total. The van der Waals surface area contributed by atoms with Crippen LogP contribution in [0.3, 0.4) is 0 Å². The second kappa shape index (κ2) is 6.36. The van der Waals surface area contributed by atoms with Crippen molar-refractivity contribution in [1.82, 2.24) is 0 Å². The van der Waals surface area contributed by atoms with Gasteiger partial charge in [-0.1, -0.05) is 49.7 Å². The lowest BCUT2D eigenvalue weighted by Crippen LogP contribution is -2.09. The van der Waals surface area contributed by atoms with Gasteiger partial charge in [-0.3, -0.25) is 0 Å². The summed E-state index contributed by atoms with van der Waals surface area (Å²) in [5.41, 5.74) is 5.37. The summed E-state index contributed by atoms with van der Waals surface area (Å²) in [4.78, 5) is 0. The highest BCUT2D eigenvalue weighted by Gasteiger charge is 2.47. The summed E-state index contributed by atoms with van der Waals surface area (Å²) >= 11 is 0. The molecule has 0 aromatic heterocycles. The second-order valence-corrected chi connectivity index (χ2v) is 7.03. The Morgan fingerprint density at radius 3 is 2.62 bits per heavy atom. The molecule has 0 amide bonds. The van der Waals surface area contributed by atoms with E-state index < -0.39 is 5.41 Å². The number of hydrogen-bond donors (Lipinski definition) is 0. The SMILES string of the molecule is CCC/C(C#N)=C1/c2ccccc2COc2cccc(C3(C#N)CC3)c21. The monoisotopic (exact) mass is 340 g/mol. The van der Waals surface area contributed by atoms with Gasteiger partial charge in [0, 0.05) is 16.7 Å². The molecule has 0 atom stereocenters. The van der Waals surface area contributed by atoms with E-state index in [9.17, 15) is 10.5 Å². The first-order valence-electron chi connectivity index (χ1n) is 9.13. The number of fused-ring (bicyclic) bond motifs is 2. The maximum absolute atomic E-state index is 9.91. The van der Waals surface area contributed by atoms with Crippen LogP contribution in [0.4, 0.5) is 0 Å². The van der Waals surface area contributed by atoms with Gasteiger partial charge in [-0.2, -0.15) is 10.5 Å².